The number of nitrogens with zero attached hydrogens (tertiary/aromatic N) is 1. The van der Waals surface area contributed by atoms with Gasteiger partial charge in [0.15, 0.2) is 0 Å². The number of hydrogen-bond donors (Lipinski definition) is 2. The molecule has 0 aliphatic heterocycles. The van der Waals surface area contributed by atoms with Crippen LogP contribution in [0.5, 0.6) is 5.88 Å². The lowest BCUT2D eigenvalue weighted by Crippen LogP contribution is -2.15. The quantitative estimate of drug-likeness (QED) is 0.901. The molecule has 0 saturated heterocycles. The van der Waals surface area contributed by atoms with Crippen LogP contribution in [0.25, 0.3) is 11.1 Å². The molecule has 0 aliphatic carbocycles. The summed E-state index contributed by atoms with van der Waals surface area (Å²) in [6.45, 7) is 2.47. The summed E-state index contributed by atoms with van der Waals surface area (Å²) in [6.07, 6.45) is 0. The molecule has 2 aromatic rings. The smallest absolute Gasteiger partial charge is 0.262 e. The number of ether oxygens (including phenoxy) is 1. The maximum atomic E-state index is 12.0. The molecule has 6 heteroatoms. The Morgan fingerprint density at radius 3 is 2.79 bits per heavy atom. The number of aromatic hydroxyl groups is 1. The Balaban J connectivity index is 2.49. The lowest BCUT2D eigenvalue weighted by atomic mass is 10.1. The molecule has 0 bridgehead atoms. The van der Waals surface area contributed by atoms with E-state index in [1.165, 1.54) is 0 Å². The van der Waals surface area contributed by atoms with Crippen molar-refractivity contribution < 1.29 is 9.84 Å². The van der Waals surface area contributed by atoms with Gasteiger partial charge < -0.3 is 14.8 Å². The fourth-order valence-electron chi connectivity index (χ4n) is 1.68. The summed E-state index contributed by atoms with van der Waals surface area (Å²) >= 11 is 6.01. The van der Waals surface area contributed by atoms with Gasteiger partial charge in [0.25, 0.3) is 5.56 Å². The maximum Gasteiger partial charge on any atom is 0.262 e. The summed E-state index contributed by atoms with van der Waals surface area (Å²) in [7, 11) is 0. The van der Waals surface area contributed by atoms with E-state index in [4.69, 9.17) is 16.3 Å². The van der Waals surface area contributed by atoms with E-state index in [1.807, 2.05) is 6.92 Å². The standard InChI is InChI=1S/C13H13ClN2O3/c1-2-19-7-10-15-12(17)11(13(18)16-10)8-5-3-4-6-9(8)14/h3-6H,2,7H2,1H3,(H2,15,16,17,18). The highest BCUT2D eigenvalue weighted by molar-refractivity contribution is 6.33. The molecule has 5 nitrogen and oxygen atoms in total. The molecule has 1 aromatic carbocycles. The normalized spacial score (nSPS) is 10.6. The average molecular weight is 281 g/mol. The Bertz CT molecular complexity index is 640. The second-order valence-electron chi connectivity index (χ2n) is 3.83. The van der Waals surface area contributed by atoms with Crippen LogP contribution in [-0.2, 0) is 11.3 Å². The molecule has 0 atom stereocenters. The monoisotopic (exact) mass is 280 g/mol. The lowest BCUT2D eigenvalue weighted by Gasteiger charge is -2.07. The third kappa shape index (κ3) is 2.94. The molecule has 0 fully saturated rings. The van der Waals surface area contributed by atoms with E-state index in [1.54, 1.807) is 24.3 Å². The highest BCUT2D eigenvalue weighted by Crippen LogP contribution is 2.29. The van der Waals surface area contributed by atoms with E-state index in [-0.39, 0.29) is 23.9 Å². The Morgan fingerprint density at radius 2 is 2.16 bits per heavy atom. The number of H-pyrrole nitrogens is 1. The summed E-state index contributed by atoms with van der Waals surface area (Å²) in [4.78, 5) is 18.5. The number of aromatic amines is 1. The fourth-order valence-corrected chi connectivity index (χ4v) is 1.91. The van der Waals surface area contributed by atoms with Crippen molar-refractivity contribution in [1.82, 2.24) is 9.97 Å². The third-order valence-electron chi connectivity index (χ3n) is 2.54. The molecule has 0 radical (unpaired) electrons. The SMILES string of the molecule is CCOCc1nc(O)c(-c2ccccc2Cl)c(=O)[nH]1. The molecule has 1 aromatic heterocycles. The first kappa shape index (κ1) is 13.6. The zero-order valence-corrected chi connectivity index (χ0v) is 11.1. The van der Waals surface area contributed by atoms with Gasteiger partial charge in [-0.2, -0.15) is 4.98 Å². The van der Waals surface area contributed by atoms with Gasteiger partial charge in [-0.15, -0.1) is 0 Å². The lowest BCUT2D eigenvalue weighted by molar-refractivity contribution is 0.127. The fraction of sp³-hybridized carbons (Fsp3) is 0.231. The summed E-state index contributed by atoms with van der Waals surface area (Å²) in [5, 5.41) is 10.3. The van der Waals surface area contributed by atoms with Crippen molar-refractivity contribution in [2.24, 2.45) is 0 Å². The molecule has 100 valence electrons. The van der Waals surface area contributed by atoms with Crippen LogP contribution in [0.3, 0.4) is 0 Å². The molecule has 19 heavy (non-hydrogen) atoms. The number of benzene rings is 1. The predicted molar refractivity (Wildman–Crippen MR) is 72.3 cm³/mol. The van der Waals surface area contributed by atoms with Gasteiger partial charge in [0, 0.05) is 17.2 Å². The molecule has 1 heterocycles. The van der Waals surface area contributed by atoms with Crippen LogP contribution in [0.15, 0.2) is 29.1 Å². The van der Waals surface area contributed by atoms with Gasteiger partial charge >= 0.3 is 0 Å². The Morgan fingerprint density at radius 1 is 1.42 bits per heavy atom. The molecule has 2 rings (SSSR count). The first-order valence-corrected chi connectivity index (χ1v) is 6.16. The van der Waals surface area contributed by atoms with Gasteiger partial charge in [-0.3, -0.25) is 4.79 Å². The van der Waals surface area contributed by atoms with Crippen LogP contribution in [0, 0.1) is 0 Å². The summed E-state index contributed by atoms with van der Waals surface area (Å²) < 4.78 is 5.13. The molecule has 0 saturated carbocycles. The van der Waals surface area contributed by atoms with Crippen molar-refractivity contribution >= 4 is 11.6 Å². The maximum absolute atomic E-state index is 12.0. The number of hydrogen-bond acceptors (Lipinski definition) is 4. The van der Waals surface area contributed by atoms with E-state index in [9.17, 15) is 9.90 Å². The Labute approximate surface area is 114 Å². The minimum Gasteiger partial charge on any atom is -0.493 e. The van der Waals surface area contributed by atoms with Crippen molar-refractivity contribution in [2.45, 2.75) is 13.5 Å². The van der Waals surface area contributed by atoms with E-state index in [0.29, 0.717) is 17.2 Å². The zero-order chi connectivity index (χ0) is 13.8. The van der Waals surface area contributed by atoms with Crippen LogP contribution < -0.4 is 5.56 Å². The van der Waals surface area contributed by atoms with Gasteiger partial charge in [-0.25, -0.2) is 0 Å². The van der Waals surface area contributed by atoms with Gasteiger partial charge in [0.05, 0.1) is 0 Å². The highest BCUT2D eigenvalue weighted by atomic mass is 35.5. The topological polar surface area (TPSA) is 75.2 Å². The molecule has 0 aliphatic rings. The third-order valence-corrected chi connectivity index (χ3v) is 2.87. The molecule has 2 N–H and O–H groups in total. The van der Waals surface area contributed by atoms with Crippen LogP contribution in [0.4, 0.5) is 0 Å². The number of rotatable bonds is 4. The summed E-state index contributed by atoms with van der Waals surface area (Å²) in [5.74, 6) is -0.0771. The first-order valence-electron chi connectivity index (χ1n) is 5.78. The number of aromatic nitrogens is 2. The molecular formula is C13H13ClN2O3. The minimum absolute atomic E-state index is 0.0610. The Kier molecular flexibility index (Phi) is 4.19. The van der Waals surface area contributed by atoms with E-state index >= 15 is 0 Å². The van der Waals surface area contributed by atoms with Gasteiger partial charge in [0.1, 0.15) is 18.0 Å². The molecule has 0 unspecified atom stereocenters. The molecular weight excluding hydrogens is 268 g/mol. The van der Waals surface area contributed by atoms with E-state index < -0.39 is 5.56 Å². The Hall–Kier alpha value is -1.85. The predicted octanol–water partition coefficient (Wildman–Crippen LogP) is 2.33. The van der Waals surface area contributed by atoms with Gasteiger partial charge in [-0.05, 0) is 13.0 Å². The van der Waals surface area contributed by atoms with Gasteiger partial charge in [0.2, 0.25) is 5.88 Å². The van der Waals surface area contributed by atoms with Crippen molar-refractivity contribution in [3.8, 4) is 17.0 Å². The van der Waals surface area contributed by atoms with Crippen LogP contribution in [0.2, 0.25) is 5.02 Å². The van der Waals surface area contributed by atoms with E-state index in [2.05, 4.69) is 9.97 Å². The zero-order valence-electron chi connectivity index (χ0n) is 10.3. The largest absolute Gasteiger partial charge is 0.493 e. The first-order chi connectivity index (χ1) is 9.13. The highest BCUT2D eigenvalue weighted by Gasteiger charge is 2.15. The van der Waals surface area contributed by atoms with Crippen molar-refractivity contribution in [3.63, 3.8) is 0 Å². The van der Waals surface area contributed by atoms with Crippen molar-refractivity contribution in [1.29, 1.82) is 0 Å². The minimum atomic E-state index is -0.449. The average Bonchev–Trinajstić information content (AvgIpc) is 2.38. The van der Waals surface area contributed by atoms with Gasteiger partial charge in [-0.1, -0.05) is 29.8 Å². The van der Waals surface area contributed by atoms with E-state index in [0.717, 1.165) is 0 Å². The van der Waals surface area contributed by atoms with Crippen LogP contribution >= 0.6 is 11.6 Å². The second-order valence-corrected chi connectivity index (χ2v) is 4.24. The van der Waals surface area contributed by atoms with Crippen molar-refractivity contribution in [2.75, 3.05) is 6.61 Å². The molecule has 0 amide bonds. The van der Waals surface area contributed by atoms with Crippen LogP contribution in [0.1, 0.15) is 12.7 Å². The molecule has 0 spiro atoms. The summed E-state index contributed by atoms with van der Waals surface area (Å²) in [6, 6.07) is 6.77. The second kappa shape index (κ2) is 5.86. The summed E-state index contributed by atoms with van der Waals surface area (Å²) in [5.41, 5.74) is 0.0551. The van der Waals surface area contributed by atoms with Crippen LogP contribution in [-0.4, -0.2) is 21.7 Å². The number of halogens is 1. The number of nitrogens with one attached hydrogen (secondary N) is 1. The van der Waals surface area contributed by atoms with Crippen molar-refractivity contribution in [3.05, 3.63) is 45.5 Å².